The van der Waals surface area contributed by atoms with E-state index in [-0.39, 0.29) is 6.04 Å². The van der Waals surface area contributed by atoms with Crippen LogP contribution in [0.2, 0.25) is 0 Å². The highest BCUT2D eigenvalue weighted by Crippen LogP contribution is 2.24. The largest absolute Gasteiger partial charge is 0.334 e. The molecule has 1 saturated heterocycles. The van der Waals surface area contributed by atoms with Gasteiger partial charge in [0.05, 0.1) is 11.6 Å². The van der Waals surface area contributed by atoms with Crippen molar-refractivity contribution in [2.75, 3.05) is 6.54 Å². The Balaban J connectivity index is 1.82. The number of hydrogen-bond donors (Lipinski definition) is 1. The van der Waals surface area contributed by atoms with Gasteiger partial charge in [0, 0.05) is 5.38 Å². The van der Waals surface area contributed by atoms with Crippen molar-refractivity contribution in [1.82, 2.24) is 15.5 Å². The van der Waals surface area contributed by atoms with Gasteiger partial charge in [0.15, 0.2) is 5.82 Å². The third-order valence-corrected chi connectivity index (χ3v) is 3.52. The average Bonchev–Trinajstić information content (AvgIpc) is 3.01. The maximum absolute atomic E-state index is 5.27. The van der Waals surface area contributed by atoms with Crippen molar-refractivity contribution >= 4 is 11.3 Å². The molecule has 0 amide bonds. The molecule has 1 aliphatic rings. The van der Waals surface area contributed by atoms with E-state index in [1.54, 1.807) is 11.3 Å². The smallest absolute Gasteiger partial charge is 0.258 e. The first-order chi connectivity index (χ1) is 7.93. The summed E-state index contributed by atoms with van der Waals surface area (Å²) >= 11 is 1.64. The minimum absolute atomic E-state index is 0.268. The standard InChI is InChI=1S/C11H13N3OS/c1-2-5-12-9(3-1)10-13-11(15-14-10)8-4-6-16-7-8/h4,6-7,9,12H,1-3,5H2. The highest BCUT2D eigenvalue weighted by atomic mass is 32.1. The molecule has 0 aromatic carbocycles. The second-order valence-electron chi connectivity index (χ2n) is 3.97. The topological polar surface area (TPSA) is 51.0 Å². The maximum atomic E-state index is 5.27. The molecule has 0 spiro atoms. The van der Waals surface area contributed by atoms with Crippen molar-refractivity contribution in [2.45, 2.75) is 25.3 Å². The summed E-state index contributed by atoms with van der Waals surface area (Å²) < 4.78 is 5.27. The fourth-order valence-corrected chi connectivity index (χ4v) is 2.58. The third kappa shape index (κ3) is 1.88. The molecule has 1 unspecified atom stereocenters. The monoisotopic (exact) mass is 235 g/mol. The van der Waals surface area contributed by atoms with Crippen LogP contribution in [0.15, 0.2) is 21.3 Å². The summed E-state index contributed by atoms with van der Waals surface area (Å²) in [6, 6.07) is 2.26. The molecule has 1 atom stereocenters. The van der Waals surface area contributed by atoms with E-state index in [0.29, 0.717) is 5.89 Å². The van der Waals surface area contributed by atoms with Crippen LogP contribution in [0.3, 0.4) is 0 Å². The van der Waals surface area contributed by atoms with Crippen LogP contribution in [0.5, 0.6) is 0 Å². The Bertz CT molecular complexity index is 446. The van der Waals surface area contributed by atoms with Crippen molar-refractivity contribution in [3.05, 3.63) is 22.7 Å². The third-order valence-electron chi connectivity index (χ3n) is 2.83. The van der Waals surface area contributed by atoms with Crippen LogP contribution in [0.4, 0.5) is 0 Å². The fraction of sp³-hybridized carbons (Fsp3) is 0.455. The SMILES string of the molecule is c1cc(-c2nc(C3CCCCN3)no2)cs1. The first kappa shape index (κ1) is 9.99. The number of nitrogens with one attached hydrogen (secondary N) is 1. The van der Waals surface area contributed by atoms with Gasteiger partial charge >= 0.3 is 0 Å². The molecule has 1 aliphatic heterocycles. The van der Waals surface area contributed by atoms with E-state index in [4.69, 9.17) is 4.52 Å². The van der Waals surface area contributed by atoms with Crippen LogP contribution in [0, 0.1) is 0 Å². The molecule has 2 aromatic heterocycles. The predicted molar refractivity (Wildman–Crippen MR) is 62.2 cm³/mol. The molecule has 2 aromatic rings. The number of hydrogen-bond acceptors (Lipinski definition) is 5. The molecule has 1 fully saturated rings. The number of rotatable bonds is 2. The Hall–Kier alpha value is -1.20. The summed E-state index contributed by atoms with van der Waals surface area (Å²) in [5.41, 5.74) is 1.01. The second-order valence-corrected chi connectivity index (χ2v) is 4.75. The minimum Gasteiger partial charge on any atom is -0.334 e. The normalized spacial score (nSPS) is 21.1. The van der Waals surface area contributed by atoms with Gasteiger partial charge in [-0.05, 0) is 30.8 Å². The van der Waals surface area contributed by atoms with Crippen LogP contribution in [-0.2, 0) is 0 Å². The molecule has 0 saturated carbocycles. The number of aromatic nitrogens is 2. The van der Waals surface area contributed by atoms with Crippen LogP contribution < -0.4 is 5.32 Å². The first-order valence-corrected chi connectivity index (χ1v) is 6.47. The Morgan fingerprint density at radius 2 is 2.44 bits per heavy atom. The van der Waals surface area contributed by atoms with Gasteiger partial charge in [-0.3, -0.25) is 0 Å². The van der Waals surface area contributed by atoms with E-state index in [9.17, 15) is 0 Å². The van der Waals surface area contributed by atoms with Gasteiger partial charge in [-0.2, -0.15) is 16.3 Å². The zero-order valence-corrected chi connectivity index (χ0v) is 9.67. The van der Waals surface area contributed by atoms with Crippen LogP contribution in [0.25, 0.3) is 11.5 Å². The first-order valence-electron chi connectivity index (χ1n) is 5.53. The van der Waals surface area contributed by atoms with Gasteiger partial charge in [-0.25, -0.2) is 0 Å². The van der Waals surface area contributed by atoms with Crippen molar-refractivity contribution in [1.29, 1.82) is 0 Å². The summed E-state index contributed by atoms with van der Waals surface area (Å²) in [6.07, 6.45) is 3.58. The Labute approximate surface area is 97.7 Å². The summed E-state index contributed by atoms with van der Waals surface area (Å²) in [5, 5.41) is 11.5. The molecule has 5 heteroatoms. The zero-order valence-electron chi connectivity index (χ0n) is 8.85. The molecular weight excluding hydrogens is 222 g/mol. The van der Waals surface area contributed by atoms with E-state index in [2.05, 4.69) is 15.5 Å². The summed E-state index contributed by atoms with van der Waals surface area (Å²) in [5.74, 6) is 1.42. The lowest BCUT2D eigenvalue weighted by Gasteiger charge is -2.19. The molecular formula is C11H13N3OS. The molecule has 0 bridgehead atoms. The van der Waals surface area contributed by atoms with Gasteiger partial charge in [-0.1, -0.05) is 11.6 Å². The molecule has 3 rings (SSSR count). The average molecular weight is 235 g/mol. The van der Waals surface area contributed by atoms with E-state index in [0.717, 1.165) is 24.4 Å². The lowest BCUT2D eigenvalue weighted by atomic mass is 10.0. The number of piperidine rings is 1. The molecule has 1 N–H and O–H groups in total. The Morgan fingerprint density at radius 3 is 3.19 bits per heavy atom. The lowest BCUT2D eigenvalue weighted by molar-refractivity contribution is 0.367. The molecule has 0 radical (unpaired) electrons. The summed E-state index contributed by atoms with van der Waals surface area (Å²) in [6.45, 7) is 1.05. The van der Waals surface area contributed by atoms with E-state index >= 15 is 0 Å². The van der Waals surface area contributed by atoms with Crippen molar-refractivity contribution in [2.24, 2.45) is 0 Å². The number of nitrogens with zero attached hydrogens (tertiary/aromatic N) is 2. The molecule has 0 aliphatic carbocycles. The van der Waals surface area contributed by atoms with E-state index in [1.807, 2.05) is 16.8 Å². The molecule has 84 valence electrons. The zero-order chi connectivity index (χ0) is 10.8. The highest BCUT2D eigenvalue weighted by Gasteiger charge is 2.20. The van der Waals surface area contributed by atoms with Crippen LogP contribution in [0.1, 0.15) is 31.1 Å². The molecule has 3 heterocycles. The van der Waals surface area contributed by atoms with Crippen LogP contribution in [-0.4, -0.2) is 16.7 Å². The Morgan fingerprint density at radius 1 is 1.44 bits per heavy atom. The quantitative estimate of drug-likeness (QED) is 0.869. The summed E-state index contributed by atoms with van der Waals surface area (Å²) in [4.78, 5) is 4.44. The van der Waals surface area contributed by atoms with Gasteiger partial charge in [0.2, 0.25) is 0 Å². The summed E-state index contributed by atoms with van der Waals surface area (Å²) in [7, 11) is 0. The fourth-order valence-electron chi connectivity index (χ4n) is 1.95. The Kier molecular flexibility index (Phi) is 2.71. The van der Waals surface area contributed by atoms with E-state index < -0.39 is 0 Å². The molecule has 16 heavy (non-hydrogen) atoms. The minimum atomic E-state index is 0.268. The van der Waals surface area contributed by atoms with Crippen LogP contribution >= 0.6 is 11.3 Å². The van der Waals surface area contributed by atoms with Gasteiger partial charge in [0.25, 0.3) is 5.89 Å². The number of thiophene rings is 1. The molecule has 4 nitrogen and oxygen atoms in total. The predicted octanol–water partition coefficient (Wildman–Crippen LogP) is 2.61. The van der Waals surface area contributed by atoms with Crippen molar-refractivity contribution < 1.29 is 4.52 Å². The van der Waals surface area contributed by atoms with Gasteiger partial charge in [-0.15, -0.1) is 0 Å². The van der Waals surface area contributed by atoms with Gasteiger partial charge < -0.3 is 9.84 Å². The maximum Gasteiger partial charge on any atom is 0.258 e. The second kappa shape index (κ2) is 4.35. The van der Waals surface area contributed by atoms with E-state index in [1.165, 1.54) is 12.8 Å². The lowest BCUT2D eigenvalue weighted by Crippen LogP contribution is -2.27. The van der Waals surface area contributed by atoms with Crippen molar-refractivity contribution in [3.63, 3.8) is 0 Å². The highest BCUT2D eigenvalue weighted by molar-refractivity contribution is 7.08. The van der Waals surface area contributed by atoms with Gasteiger partial charge in [0.1, 0.15) is 0 Å². The van der Waals surface area contributed by atoms with Crippen molar-refractivity contribution in [3.8, 4) is 11.5 Å².